The highest BCUT2D eigenvalue weighted by Crippen LogP contribution is 2.52. The quantitative estimate of drug-likeness (QED) is 0.833. The van der Waals surface area contributed by atoms with Crippen molar-refractivity contribution in [3.05, 3.63) is 35.4 Å². The summed E-state index contributed by atoms with van der Waals surface area (Å²) in [5.41, 5.74) is 2.88. The summed E-state index contributed by atoms with van der Waals surface area (Å²) < 4.78 is 0. The first kappa shape index (κ1) is 15.5. The molecule has 0 N–H and O–H groups in total. The van der Waals surface area contributed by atoms with Gasteiger partial charge in [-0.2, -0.15) is 0 Å². The number of hydrogen-bond acceptors (Lipinski definition) is 2. The molecule has 1 aliphatic carbocycles. The van der Waals surface area contributed by atoms with Crippen molar-refractivity contribution in [2.75, 3.05) is 20.1 Å². The van der Waals surface area contributed by atoms with E-state index >= 15 is 0 Å². The maximum atomic E-state index is 12.5. The van der Waals surface area contributed by atoms with Crippen LogP contribution in [0.5, 0.6) is 0 Å². The molecule has 3 nitrogen and oxygen atoms in total. The van der Waals surface area contributed by atoms with E-state index in [1.165, 1.54) is 37.1 Å². The number of carbonyl (C=O) groups is 1. The second-order valence-corrected chi connectivity index (χ2v) is 7.69. The molecule has 1 aromatic carbocycles. The highest BCUT2D eigenvalue weighted by atomic mass is 16.2. The Morgan fingerprint density at radius 3 is 2.41 bits per heavy atom. The van der Waals surface area contributed by atoms with Crippen molar-refractivity contribution >= 4 is 5.91 Å². The summed E-state index contributed by atoms with van der Waals surface area (Å²) in [5, 5.41) is 0. The van der Waals surface area contributed by atoms with Gasteiger partial charge in [0.25, 0.3) is 0 Å². The Morgan fingerprint density at radius 1 is 1.23 bits per heavy atom. The number of nitrogens with zero attached hydrogens (tertiary/aromatic N) is 2. The molecule has 0 aromatic heterocycles. The van der Waals surface area contributed by atoms with E-state index in [9.17, 15) is 4.79 Å². The average molecular weight is 300 g/mol. The van der Waals surface area contributed by atoms with E-state index in [1.807, 2.05) is 11.9 Å². The minimum Gasteiger partial charge on any atom is -0.341 e. The molecular weight excluding hydrogens is 272 g/mol. The van der Waals surface area contributed by atoms with Crippen molar-refractivity contribution in [3.8, 4) is 0 Å². The Hall–Kier alpha value is -1.35. The molecule has 3 rings (SSSR count). The SMILES string of the molecule is CN(Cc1ccccc1CN1CCCC1)C(=O)C1CC1(C)C. The highest BCUT2D eigenvalue weighted by Gasteiger charge is 2.51. The molecule has 1 aliphatic heterocycles. The minimum absolute atomic E-state index is 0.209. The standard InChI is InChI=1S/C19H28N2O/c1-19(2)12-17(19)18(22)20(3)13-15-8-4-5-9-16(15)14-21-10-6-7-11-21/h4-5,8-9,17H,6-7,10-14H2,1-3H3. The monoisotopic (exact) mass is 300 g/mol. The first-order valence-electron chi connectivity index (χ1n) is 8.51. The molecule has 1 aromatic rings. The fraction of sp³-hybridized carbons (Fsp3) is 0.632. The predicted octanol–water partition coefficient (Wildman–Crippen LogP) is 3.29. The van der Waals surface area contributed by atoms with Crippen LogP contribution in [-0.2, 0) is 17.9 Å². The second-order valence-electron chi connectivity index (χ2n) is 7.69. The van der Waals surface area contributed by atoms with Crippen molar-refractivity contribution in [2.24, 2.45) is 11.3 Å². The van der Waals surface area contributed by atoms with E-state index < -0.39 is 0 Å². The molecule has 2 aliphatic rings. The first-order valence-corrected chi connectivity index (χ1v) is 8.51. The van der Waals surface area contributed by atoms with E-state index in [4.69, 9.17) is 0 Å². The van der Waals surface area contributed by atoms with Crippen LogP contribution in [0, 0.1) is 11.3 Å². The molecule has 0 radical (unpaired) electrons. The lowest BCUT2D eigenvalue weighted by Crippen LogP contribution is -2.30. The van der Waals surface area contributed by atoms with Gasteiger partial charge in [0.2, 0.25) is 5.91 Å². The number of hydrogen-bond donors (Lipinski definition) is 0. The lowest BCUT2D eigenvalue weighted by molar-refractivity contribution is -0.132. The Balaban J connectivity index is 1.65. The molecule has 1 saturated carbocycles. The average Bonchev–Trinajstić information content (AvgIpc) is 2.88. The van der Waals surface area contributed by atoms with Crippen LogP contribution in [0.4, 0.5) is 0 Å². The van der Waals surface area contributed by atoms with Gasteiger partial charge in [-0.15, -0.1) is 0 Å². The maximum Gasteiger partial charge on any atom is 0.226 e. The van der Waals surface area contributed by atoms with Gasteiger partial charge in [0.05, 0.1) is 0 Å². The smallest absolute Gasteiger partial charge is 0.226 e. The van der Waals surface area contributed by atoms with E-state index in [-0.39, 0.29) is 11.3 Å². The van der Waals surface area contributed by atoms with Gasteiger partial charge in [-0.1, -0.05) is 38.1 Å². The van der Waals surface area contributed by atoms with Crippen LogP contribution in [0.25, 0.3) is 0 Å². The third kappa shape index (κ3) is 3.35. The normalized spacial score (nSPS) is 23.5. The minimum atomic E-state index is 0.209. The van der Waals surface area contributed by atoms with Crippen LogP contribution in [0.1, 0.15) is 44.2 Å². The van der Waals surface area contributed by atoms with Gasteiger partial charge in [-0.3, -0.25) is 9.69 Å². The van der Waals surface area contributed by atoms with Crippen LogP contribution in [0.15, 0.2) is 24.3 Å². The molecule has 1 amide bonds. The summed E-state index contributed by atoms with van der Waals surface area (Å²) in [7, 11) is 1.95. The molecule has 0 bridgehead atoms. The second kappa shape index (κ2) is 6.04. The largest absolute Gasteiger partial charge is 0.341 e. The summed E-state index contributed by atoms with van der Waals surface area (Å²) in [6.07, 6.45) is 3.67. The van der Waals surface area contributed by atoms with Crippen molar-refractivity contribution in [1.29, 1.82) is 0 Å². The zero-order valence-electron chi connectivity index (χ0n) is 14.1. The number of amides is 1. The number of rotatable bonds is 5. The van der Waals surface area contributed by atoms with Crippen LogP contribution in [0.3, 0.4) is 0 Å². The molecule has 22 heavy (non-hydrogen) atoms. The summed E-state index contributed by atoms with van der Waals surface area (Å²) in [5.74, 6) is 0.532. The zero-order chi connectivity index (χ0) is 15.7. The molecule has 1 atom stereocenters. The van der Waals surface area contributed by atoms with Crippen LogP contribution in [0.2, 0.25) is 0 Å². The summed E-state index contributed by atoms with van der Waals surface area (Å²) >= 11 is 0. The van der Waals surface area contributed by atoms with Gasteiger partial charge >= 0.3 is 0 Å². The molecule has 2 fully saturated rings. The zero-order valence-corrected chi connectivity index (χ0v) is 14.1. The summed E-state index contributed by atoms with van der Waals surface area (Å²) in [6.45, 7) is 8.54. The van der Waals surface area contributed by atoms with E-state index in [0.29, 0.717) is 5.91 Å². The highest BCUT2D eigenvalue weighted by molar-refractivity contribution is 5.82. The Labute approximate surface area is 134 Å². The molecule has 1 heterocycles. The lowest BCUT2D eigenvalue weighted by atomic mass is 10.1. The van der Waals surface area contributed by atoms with Gasteiger partial charge in [-0.05, 0) is 48.9 Å². The van der Waals surface area contributed by atoms with Crippen molar-refractivity contribution in [3.63, 3.8) is 0 Å². The third-order valence-corrected chi connectivity index (χ3v) is 5.31. The lowest BCUT2D eigenvalue weighted by Gasteiger charge is -2.22. The van der Waals surface area contributed by atoms with E-state index in [0.717, 1.165) is 19.5 Å². The summed E-state index contributed by atoms with van der Waals surface area (Å²) in [4.78, 5) is 16.9. The van der Waals surface area contributed by atoms with Gasteiger partial charge in [-0.25, -0.2) is 0 Å². The molecule has 3 heteroatoms. The Morgan fingerprint density at radius 2 is 1.82 bits per heavy atom. The predicted molar refractivity (Wildman–Crippen MR) is 89.3 cm³/mol. The maximum absolute atomic E-state index is 12.5. The van der Waals surface area contributed by atoms with Crippen LogP contribution < -0.4 is 0 Å². The van der Waals surface area contributed by atoms with Crippen molar-refractivity contribution in [1.82, 2.24) is 9.80 Å². The van der Waals surface area contributed by atoms with Gasteiger partial charge in [0.15, 0.2) is 0 Å². The molecule has 1 saturated heterocycles. The van der Waals surface area contributed by atoms with Gasteiger partial charge in [0.1, 0.15) is 0 Å². The fourth-order valence-corrected chi connectivity index (χ4v) is 3.54. The molecule has 120 valence electrons. The van der Waals surface area contributed by atoms with Crippen molar-refractivity contribution < 1.29 is 4.79 Å². The Kier molecular flexibility index (Phi) is 4.26. The topological polar surface area (TPSA) is 23.6 Å². The van der Waals surface area contributed by atoms with Gasteiger partial charge in [0, 0.05) is 26.1 Å². The molecule has 0 spiro atoms. The fourth-order valence-electron chi connectivity index (χ4n) is 3.54. The van der Waals surface area contributed by atoms with Crippen molar-refractivity contribution in [2.45, 2.75) is 46.2 Å². The van der Waals surface area contributed by atoms with E-state index in [1.54, 1.807) is 0 Å². The molecular formula is C19H28N2O. The number of benzene rings is 1. The molecule has 1 unspecified atom stereocenters. The Bertz CT molecular complexity index is 546. The summed E-state index contributed by atoms with van der Waals surface area (Å²) in [6, 6.07) is 8.59. The first-order chi connectivity index (χ1) is 10.5. The third-order valence-electron chi connectivity index (χ3n) is 5.31. The number of carbonyl (C=O) groups excluding carboxylic acids is 1. The number of likely N-dealkylation sites (tertiary alicyclic amines) is 1. The van der Waals surface area contributed by atoms with E-state index in [2.05, 4.69) is 43.0 Å². The van der Waals surface area contributed by atoms with Gasteiger partial charge < -0.3 is 4.90 Å². The van der Waals surface area contributed by atoms with Crippen LogP contribution >= 0.6 is 0 Å². The van der Waals surface area contributed by atoms with Crippen LogP contribution in [-0.4, -0.2) is 35.8 Å².